The number of rotatable bonds is 2. The van der Waals surface area contributed by atoms with Crippen LogP contribution in [0.5, 0.6) is 0 Å². The summed E-state index contributed by atoms with van der Waals surface area (Å²) in [6, 6.07) is 9.58. The van der Waals surface area contributed by atoms with Gasteiger partial charge in [-0.25, -0.2) is 14.7 Å². The van der Waals surface area contributed by atoms with Crippen molar-refractivity contribution in [3.05, 3.63) is 59.4 Å². The van der Waals surface area contributed by atoms with E-state index in [-0.39, 0.29) is 23.7 Å². The van der Waals surface area contributed by atoms with Crippen molar-refractivity contribution in [1.29, 1.82) is 0 Å². The van der Waals surface area contributed by atoms with Crippen LogP contribution in [-0.4, -0.2) is 27.9 Å². The fraction of sp³-hybridized carbons (Fsp3) is 0.0667. The topological polar surface area (TPSA) is 87.6 Å². The van der Waals surface area contributed by atoms with Crippen LogP contribution in [0.1, 0.15) is 26.4 Å². The van der Waals surface area contributed by atoms with Gasteiger partial charge in [-0.2, -0.15) is 0 Å². The van der Waals surface area contributed by atoms with Crippen LogP contribution in [0, 0.1) is 0 Å². The maximum Gasteiger partial charge on any atom is 0.354 e. The molecular weight excluding hydrogens is 272 g/mol. The average molecular weight is 282 g/mol. The summed E-state index contributed by atoms with van der Waals surface area (Å²) in [4.78, 5) is 40.1. The highest BCUT2D eigenvalue weighted by molar-refractivity contribution is 6.24. The summed E-state index contributed by atoms with van der Waals surface area (Å²) in [6.45, 7) is 0. The van der Waals surface area contributed by atoms with E-state index in [1.54, 1.807) is 24.3 Å². The zero-order chi connectivity index (χ0) is 15.0. The van der Waals surface area contributed by atoms with Gasteiger partial charge in [-0.3, -0.25) is 9.59 Å². The molecule has 0 atom stereocenters. The number of nitrogens with zero attached hydrogens (tertiary/aromatic N) is 2. The fourth-order valence-electron chi connectivity index (χ4n) is 2.26. The van der Waals surface area contributed by atoms with Crippen LogP contribution in [0.25, 0.3) is 0 Å². The Kier molecular flexibility index (Phi) is 2.98. The fourth-order valence-corrected chi connectivity index (χ4v) is 2.26. The lowest BCUT2D eigenvalue weighted by Gasteiger charge is -2.26. The van der Waals surface area contributed by atoms with Crippen molar-refractivity contribution in [2.24, 2.45) is 0 Å². The van der Waals surface area contributed by atoms with Crippen LogP contribution in [-0.2, 0) is 11.2 Å². The van der Waals surface area contributed by atoms with Crippen molar-refractivity contribution in [3.63, 3.8) is 0 Å². The molecule has 1 N–H and O–H groups in total. The Labute approximate surface area is 119 Å². The van der Waals surface area contributed by atoms with E-state index in [1.165, 1.54) is 18.3 Å². The summed E-state index contributed by atoms with van der Waals surface area (Å²) < 4.78 is 0. The number of carbonyl (C=O) groups is 3. The van der Waals surface area contributed by atoms with Gasteiger partial charge in [0.25, 0.3) is 5.91 Å². The van der Waals surface area contributed by atoms with Crippen molar-refractivity contribution < 1.29 is 19.5 Å². The number of aromatic carboxylic acids is 1. The molecule has 6 nitrogen and oxygen atoms in total. The van der Waals surface area contributed by atoms with Crippen LogP contribution in [0.2, 0.25) is 0 Å². The third-order valence-corrected chi connectivity index (χ3v) is 3.27. The van der Waals surface area contributed by atoms with Crippen molar-refractivity contribution in [3.8, 4) is 0 Å². The standard InChI is InChI=1S/C15H10N2O4/c18-13-7-9-3-1-2-4-11(9)14(19)17(13)10-5-6-12(15(20)21)16-8-10/h1-6,8H,7H2,(H,20,21). The Balaban J connectivity index is 2.01. The molecule has 2 heterocycles. The van der Waals surface area contributed by atoms with Gasteiger partial charge in [0.05, 0.1) is 18.3 Å². The molecule has 0 fully saturated rings. The third kappa shape index (κ3) is 2.16. The summed E-state index contributed by atoms with van der Waals surface area (Å²) in [5.41, 5.74) is 1.29. The minimum Gasteiger partial charge on any atom is -0.477 e. The zero-order valence-electron chi connectivity index (χ0n) is 10.8. The summed E-state index contributed by atoms with van der Waals surface area (Å²) in [6.07, 6.45) is 1.34. The van der Waals surface area contributed by atoms with E-state index in [1.807, 2.05) is 0 Å². The molecule has 0 radical (unpaired) electrons. The first-order chi connectivity index (χ1) is 10.1. The number of fused-ring (bicyclic) bond motifs is 1. The third-order valence-electron chi connectivity index (χ3n) is 3.27. The molecule has 0 spiro atoms. The van der Waals surface area contributed by atoms with Crippen molar-refractivity contribution in [2.45, 2.75) is 6.42 Å². The van der Waals surface area contributed by atoms with Crippen LogP contribution in [0.3, 0.4) is 0 Å². The highest BCUT2D eigenvalue weighted by atomic mass is 16.4. The van der Waals surface area contributed by atoms with Crippen molar-refractivity contribution in [2.75, 3.05) is 4.90 Å². The molecule has 2 amide bonds. The van der Waals surface area contributed by atoms with E-state index in [0.29, 0.717) is 11.1 Å². The molecule has 0 bridgehead atoms. The van der Waals surface area contributed by atoms with Gasteiger partial charge >= 0.3 is 5.97 Å². The van der Waals surface area contributed by atoms with Gasteiger partial charge in [-0.05, 0) is 23.8 Å². The molecular formula is C15H10N2O4. The summed E-state index contributed by atoms with van der Waals surface area (Å²) in [5, 5.41) is 8.81. The molecule has 0 saturated carbocycles. The number of hydrogen-bond acceptors (Lipinski definition) is 4. The van der Waals surface area contributed by atoms with E-state index in [9.17, 15) is 14.4 Å². The Morgan fingerprint density at radius 3 is 2.57 bits per heavy atom. The Morgan fingerprint density at radius 1 is 1.14 bits per heavy atom. The quantitative estimate of drug-likeness (QED) is 0.843. The Bertz CT molecular complexity index is 753. The number of carboxylic acids is 1. The second-order valence-electron chi connectivity index (χ2n) is 4.58. The minimum absolute atomic E-state index is 0.128. The molecule has 104 valence electrons. The van der Waals surface area contributed by atoms with Gasteiger partial charge in [0.15, 0.2) is 0 Å². The number of amides is 2. The molecule has 3 rings (SSSR count). The van der Waals surface area contributed by atoms with Gasteiger partial charge in [-0.15, -0.1) is 0 Å². The minimum atomic E-state index is -1.16. The number of anilines is 1. The number of carbonyl (C=O) groups excluding carboxylic acids is 2. The van der Waals surface area contributed by atoms with Gasteiger partial charge < -0.3 is 5.11 Å². The maximum atomic E-state index is 12.4. The largest absolute Gasteiger partial charge is 0.477 e. The number of benzene rings is 1. The van der Waals surface area contributed by atoms with Gasteiger partial charge in [0, 0.05) is 5.56 Å². The molecule has 2 aromatic rings. The lowest BCUT2D eigenvalue weighted by atomic mass is 9.98. The Morgan fingerprint density at radius 2 is 1.90 bits per heavy atom. The Hall–Kier alpha value is -3.02. The molecule has 21 heavy (non-hydrogen) atoms. The molecule has 1 aromatic carbocycles. The predicted octanol–water partition coefficient (Wildman–Crippen LogP) is 1.51. The van der Waals surface area contributed by atoms with Crippen LogP contribution in [0.15, 0.2) is 42.6 Å². The smallest absolute Gasteiger partial charge is 0.354 e. The first-order valence-corrected chi connectivity index (χ1v) is 6.22. The van der Waals surface area contributed by atoms with E-state index >= 15 is 0 Å². The van der Waals surface area contributed by atoms with Crippen LogP contribution < -0.4 is 4.90 Å². The molecule has 6 heteroatoms. The van der Waals surface area contributed by atoms with E-state index < -0.39 is 11.9 Å². The molecule has 0 unspecified atom stereocenters. The monoisotopic (exact) mass is 282 g/mol. The molecule has 1 aliphatic rings. The lowest BCUT2D eigenvalue weighted by molar-refractivity contribution is -0.117. The van der Waals surface area contributed by atoms with Gasteiger partial charge in [0.1, 0.15) is 5.69 Å². The molecule has 0 saturated heterocycles. The molecule has 0 aliphatic carbocycles. The summed E-state index contributed by atoms with van der Waals surface area (Å²) in [7, 11) is 0. The van der Waals surface area contributed by atoms with E-state index in [2.05, 4.69) is 4.98 Å². The van der Waals surface area contributed by atoms with Crippen LogP contribution in [0.4, 0.5) is 5.69 Å². The first kappa shape index (κ1) is 13.0. The number of imide groups is 1. The van der Waals surface area contributed by atoms with Crippen LogP contribution >= 0.6 is 0 Å². The molecule has 1 aromatic heterocycles. The SMILES string of the molecule is O=C(O)c1ccc(N2C(=O)Cc3ccccc3C2=O)cn1. The molecule has 1 aliphatic heterocycles. The highest BCUT2D eigenvalue weighted by Gasteiger charge is 2.32. The second kappa shape index (κ2) is 4.82. The van der Waals surface area contributed by atoms with Gasteiger partial charge in [0.2, 0.25) is 5.91 Å². The number of hydrogen-bond donors (Lipinski definition) is 1. The second-order valence-corrected chi connectivity index (χ2v) is 4.58. The lowest BCUT2D eigenvalue weighted by Crippen LogP contribution is -2.42. The zero-order valence-corrected chi connectivity index (χ0v) is 10.8. The van der Waals surface area contributed by atoms with Crippen molar-refractivity contribution >= 4 is 23.5 Å². The van der Waals surface area contributed by atoms with Crippen molar-refractivity contribution in [1.82, 2.24) is 4.98 Å². The van der Waals surface area contributed by atoms with Gasteiger partial charge in [-0.1, -0.05) is 18.2 Å². The average Bonchev–Trinajstić information content (AvgIpc) is 2.48. The van der Waals surface area contributed by atoms with E-state index in [0.717, 1.165) is 4.90 Å². The maximum absolute atomic E-state index is 12.4. The predicted molar refractivity (Wildman–Crippen MR) is 73.2 cm³/mol. The number of pyridine rings is 1. The summed E-state index contributed by atoms with van der Waals surface area (Å²) >= 11 is 0. The highest BCUT2D eigenvalue weighted by Crippen LogP contribution is 2.24. The number of carboxylic acid groups (broad SMARTS) is 1. The number of aromatic nitrogens is 1. The first-order valence-electron chi connectivity index (χ1n) is 6.22. The summed E-state index contributed by atoms with van der Waals surface area (Å²) in [5.74, 6) is -1.95. The van der Waals surface area contributed by atoms with E-state index in [4.69, 9.17) is 5.11 Å². The normalized spacial score (nSPS) is 14.0.